The summed E-state index contributed by atoms with van der Waals surface area (Å²) in [6.07, 6.45) is -0.936. The predicted molar refractivity (Wildman–Crippen MR) is 176 cm³/mol. The van der Waals surface area contributed by atoms with Crippen LogP contribution in [-0.4, -0.2) is 56.0 Å². The molecule has 1 heterocycles. The number of esters is 2. The molecule has 0 amide bonds. The third-order valence-electron chi connectivity index (χ3n) is 8.07. The van der Waals surface area contributed by atoms with Crippen molar-refractivity contribution >= 4 is 27.6 Å². The molecule has 0 aliphatic carbocycles. The topological polar surface area (TPSA) is 105 Å². The van der Waals surface area contributed by atoms with E-state index in [4.69, 9.17) is 9.47 Å². The second kappa shape index (κ2) is 15.1. The van der Waals surface area contributed by atoms with Gasteiger partial charge in [-0.3, -0.25) is 24.1 Å². The van der Waals surface area contributed by atoms with Gasteiger partial charge in [-0.25, -0.2) is 17.2 Å². The first kappa shape index (κ1) is 34.7. The third-order valence-corrected chi connectivity index (χ3v) is 9.45. The van der Waals surface area contributed by atoms with Gasteiger partial charge in [0.05, 0.1) is 42.5 Å². The minimum absolute atomic E-state index is 0.0362. The first-order valence-corrected chi connectivity index (χ1v) is 17.0. The highest BCUT2D eigenvalue weighted by atomic mass is 32.2. The number of anilines is 1. The van der Waals surface area contributed by atoms with Crippen LogP contribution in [0.15, 0.2) is 102 Å². The number of carbonyl (C=O) groups is 2. The molecule has 0 bridgehead atoms. The number of sulfonamides is 1. The number of aryl methyl sites for hydroxylation is 1. The lowest BCUT2D eigenvalue weighted by Gasteiger charge is -2.32. The zero-order valence-corrected chi connectivity index (χ0v) is 27.6. The highest BCUT2D eigenvalue weighted by molar-refractivity contribution is 7.92. The fourth-order valence-electron chi connectivity index (χ4n) is 6.06. The van der Waals surface area contributed by atoms with Crippen LogP contribution in [0.4, 0.5) is 14.5 Å². The summed E-state index contributed by atoms with van der Waals surface area (Å²) in [4.78, 5) is 30.5. The van der Waals surface area contributed by atoms with Crippen LogP contribution in [0.3, 0.4) is 0 Å². The largest absolute Gasteiger partial charge is 0.465 e. The summed E-state index contributed by atoms with van der Waals surface area (Å²) in [5, 5.41) is 0. The molecular formula is C36H37F2N3O6S. The van der Waals surface area contributed by atoms with E-state index in [1.165, 1.54) is 48.5 Å². The standard InChI is InChI=1S/C36H37F2N3O6S/c1-4-46-32(42)23-41-33(25-11-8-13-28(37)20-25)34(36(43)47-5-2)40(35(41)26-12-9-14-29(38)21-26)22-27-10-6-7-15-31(27)39-48(44,45)30-18-16-24(3)17-19-30/h6-21,33-35,39H,4-5,22-23H2,1-3H3/t33-,34-,35+/m0/s1. The van der Waals surface area contributed by atoms with E-state index in [0.717, 1.165) is 5.56 Å². The van der Waals surface area contributed by atoms with Gasteiger partial charge in [-0.05, 0) is 79.9 Å². The molecule has 1 N–H and O–H groups in total. The summed E-state index contributed by atoms with van der Waals surface area (Å²) in [6.45, 7) is 4.93. The zero-order chi connectivity index (χ0) is 34.4. The second-order valence-corrected chi connectivity index (χ2v) is 13.0. The Hall–Kier alpha value is -4.65. The van der Waals surface area contributed by atoms with Crippen LogP contribution in [0, 0.1) is 18.6 Å². The maximum absolute atomic E-state index is 14.8. The zero-order valence-electron chi connectivity index (χ0n) is 26.8. The number of nitrogens with one attached hydrogen (secondary N) is 1. The Kier molecular flexibility index (Phi) is 10.9. The molecule has 12 heteroatoms. The van der Waals surface area contributed by atoms with Crippen molar-refractivity contribution in [3.8, 4) is 0 Å². The van der Waals surface area contributed by atoms with E-state index in [2.05, 4.69) is 4.72 Å². The Morgan fingerprint density at radius 3 is 2.06 bits per heavy atom. The number of halogens is 2. The predicted octanol–water partition coefficient (Wildman–Crippen LogP) is 6.13. The highest BCUT2D eigenvalue weighted by Gasteiger charge is 2.53. The molecule has 0 saturated carbocycles. The molecule has 5 rings (SSSR count). The van der Waals surface area contributed by atoms with Crippen LogP contribution in [0.1, 0.15) is 48.3 Å². The van der Waals surface area contributed by atoms with E-state index in [0.29, 0.717) is 16.7 Å². The minimum Gasteiger partial charge on any atom is -0.465 e. The molecule has 4 aromatic rings. The Morgan fingerprint density at radius 2 is 1.42 bits per heavy atom. The monoisotopic (exact) mass is 677 g/mol. The minimum atomic E-state index is -4.01. The number of nitrogens with zero attached hydrogens (tertiary/aromatic N) is 2. The smallest absolute Gasteiger partial charge is 0.325 e. The lowest BCUT2D eigenvalue weighted by atomic mass is 9.98. The molecule has 0 unspecified atom stereocenters. The van der Waals surface area contributed by atoms with Gasteiger partial charge in [0.15, 0.2) is 0 Å². The molecule has 3 atom stereocenters. The van der Waals surface area contributed by atoms with Crippen LogP contribution in [-0.2, 0) is 35.6 Å². The molecule has 4 aromatic carbocycles. The lowest BCUT2D eigenvalue weighted by Crippen LogP contribution is -2.41. The van der Waals surface area contributed by atoms with Gasteiger partial charge in [0.25, 0.3) is 10.0 Å². The van der Waals surface area contributed by atoms with E-state index >= 15 is 0 Å². The van der Waals surface area contributed by atoms with Gasteiger partial charge >= 0.3 is 11.9 Å². The van der Waals surface area contributed by atoms with Crippen molar-refractivity contribution in [1.29, 1.82) is 0 Å². The van der Waals surface area contributed by atoms with Crippen molar-refractivity contribution in [1.82, 2.24) is 9.80 Å². The molecule has 0 spiro atoms. The van der Waals surface area contributed by atoms with E-state index in [1.54, 1.807) is 72.2 Å². The van der Waals surface area contributed by atoms with Crippen LogP contribution in [0.2, 0.25) is 0 Å². The van der Waals surface area contributed by atoms with Crippen molar-refractivity contribution in [2.24, 2.45) is 0 Å². The summed E-state index contributed by atoms with van der Waals surface area (Å²) in [5.74, 6) is -2.35. The van der Waals surface area contributed by atoms with E-state index in [1.807, 2.05) is 6.92 Å². The SMILES string of the molecule is CCOC(=O)CN1[C@H](c2cccc(F)c2)N(Cc2ccccc2NS(=O)(=O)c2ccc(C)cc2)[C@H](C(=O)OCC)[C@@H]1c1cccc(F)c1. The number of hydrogen-bond acceptors (Lipinski definition) is 8. The summed E-state index contributed by atoms with van der Waals surface area (Å²) < 4.78 is 70.0. The van der Waals surface area contributed by atoms with E-state index in [-0.39, 0.29) is 36.9 Å². The number of para-hydroxylation sites is 1. The third kappa shape index (κ3) is 7.73. The molecule has 0 radical (unpaired) electrons. The quantitative estimate of drug-likeness (QED) is 0.179. The first-order valence-electron chi connectivity index (χ1n) is 15.5. The van der Waals surface area contributed by atoms with Crippen LogP contribution < -0.4 is 4.72 Å². The molecule has 0 aromatic heterocycles. The van der Waals surface area contributed by atoms with Gasteiger partial charge in [-0.1, -0.05) is 60.2 Å². The van der Waals surface area contributed by atoms with Crippen LogP contribution in [0.5, 0.6) is 0 Å². The molecule has 1 aliphatic rings. The summed E-state index contributed by atoms with van der Waals surface area (Å²) in [5.41, 5.74) is 2.43. The first-order chi connectivity index (χ1) is 23.0. The molecule has 252 valence electrons. The molecule has 1 fully saturated rings. The Bertz CT molecular complexity index is 1870. The summed E-state index contributed by atoms with van der Waals surface area (Å²) >= 11 is 0. The normalized spacial score (nSPS) is 18.4. The molecule has 9 nitrogen and oxygen atoms in total. The second-order valence-electron chi connectivity index (χ2n) is 11.4. The van der Waals surface area contributed by atoms with Crippen molar-refractivity contribution in [3.05, 3.63) is 131 Å². The van der Waals surface area contributed by atoms with Crippen molar-refractivity contribution in [2.75, 3.05) is 24.5 Å². The van der Waals surface area contributed by atoms with Gasteiger partial charge in [0, 0.05) is 6.54 Å². The maximum atomic E-state index is 14.8. The van der Waals surface area contributed by atoms with E-state index < -0.39 is 51.8 Å². The van der Waals surface area contributed by atoms with Gasteiger partial charge in [-0.2, -0.15) is 0 Å². The number of carbonyl (C=O) groups excluding carboxylic acids is 2. The average molecular weight is 678 g/mol. The lowest BCUT2D eigenvalue weighted by molar-refractivity contribution is -0.150. The maximum Gasteiger partial charge on any atom is 0.325 e. The van der Waals surface area contributed by atoms with Crippen molar-refractivity contribution < 1.29 is 36.3 Å². The van der Waals surface area contributed by atoms with Gasteiger partial charge in [-0.15, -0.1) is 0 Å². The summed E-state index contributed by atoms with van der Waals surface area (Å²) in [6, 6.07) is 22.5. The fourth-order valence-corrected chi connectivity index (χ4v) is 7.17. The van der Waals surface area contributed by atoms with Gasteiger partial charge in [0.2, 0.25) is 0 Å². The molecule has 48 heavy (non-hydrogen) atoms. The van der Waals surface area contributed by atoms with Crippen molar-refractivity contribution in [2.45, 2.75) is 50.5 Å². The Labute approximate surface area is 279 Å². The number of benzene rings is 4. The average Bonchev–Trinajstić information content (AvgIpc) is 3.35. The van der Waals surface area contributed by atoms with Gasteiger partial charge in [0.1, 0.15) is 17.7 Å². The molecular weight excluding hydrogens is 640 g/mol. The highest BCUT2D eigenvalue weighted by Crippen LogP contribution is 2.47. The molecule has 1 aliphatic heterocycles. The van der Waals surface area contributed by atoms with Crippen LogP contribution in [0.25, 0.3) is 0 Å². The van der Waals surface area contributed by atoms with E-state index in [9.17, 15) is 26.8 Å². The number of hydrogen-bond donors (Lipinski definition) is 1. The summed E-state index contributed by atoms with van der Waals surface area (Å²) in [7, 11) is -4.01. The Morgan fingerprint density at radius 1 is 0.792 bits per heavy atom. The number of ether oxygens (including phenoxy) is 2. The van der Waals surface area contributed by atoms with Crippen LogP contribution >= 0.6 is 0 Å². The van der Waals surface area contributed by atoms with Crippen molar-refractivity contribution in [3.63, 3.8) is 0 Å². The fraction of sp³-hybridized carbons (Fsp3) is 0.278. The Balaban J connectivity index is 1.67. The molecule has 1 saturated heterocycles. The van der Waals surface area contributed by atoms with Gasteiger partial charge < -0.3 is 9.47 Å². The number of rotatable bonds is 12.